The van der Waals surface area contributed by atoms with Gasteiger partial charge in [-0.2, -0.15) is 5.10 Å². The minimum atomic E-state index is -2.89. The number of aryl methyl sites for hydroxylation is 1. The third-order valence-corrected chi connectivity index (χ3v) is 6.16. The van der Waals surface area contributed by atoms with E-state index in [1.807, 2.05) is 18.5 Å². The van der Waals surface area contributed by atoms with E-state index < -0.39 is 9.84 Å². The third-order valence-electron chi connectivity index (χ3n) is 4.32. The van der Waals surface area contributed by atoms with E-state index >= 15 is 0 Å². The highest BCUT2D eigenvalue weighted by Crippen LogP contribution is 2.18. The number of carbonyl (C=O) groups excluding carboxylic acids is 1. The first-order chi connectivity index (χ1) is 10.7. The van der Waals surface area contributed by atoms with Crippen LogP contribution in [0.3, 0.4) is 0 Å². The maximum absolute atomic E-state index is 12.2. The van der Waals surface area contributed by atoms with Gasteiger partial charge in [0.15, 0.2) is 9.84 Å². The Morgan fingerprint density at radius 3 is 2.65 bits per heavy atom. The summed E-state index contributed by atoms with van der Waals surface area (Å²) >= 11 is 0. The molecule has 7 heteroatoms. The fraction of sp³-hybridized carbons (Fsp3) is 0.750. The Morgan fingerprint density at radius 2 is 2.09 bits per heavy atom. The van der Waals surface area contributed by atoms with Crippen molar-refractivity contribution in [1.29, 1.82) is 0 Å². The fourth-order valence-corrected chi connectivity index (χ4v) is 4.89. The zero-order chi connectivity index (χ0) is 17.2. The second kappa shape index (κ2) is 7.03. The number of hydrogen-bond donors (Lipinski definition) is 1. The normalized spacial score (nSPS) is 20.1. The van der Waals surface area contributed by atoms with Crippen molar-refractivity contribution in [3.05, 3.63) is 17.0 Å². The van der Waals surface area contributed by atoms with Gasteiger partial charge in [-0.25, -0.2) is 8.42 Å². The number of aromatic nitrogens is 2. The van der Waals surface area contributed by atoms with Crippen LogP contribution in [0, 0.1) is 25.7 Å². The number of nitrogens with zero attached hydrogens (tertiary/aromatic N) is 2. The Labute approximate surface area is 138 Å². The molecule has 130 valence electrons. The minimum absolute atomic E-state index is 0.0507. The topological polar surface area (TPSA) is 81.1 Å². The molecule has 0 saturated carbocycles. The first-order valence-electron chi connectivity index (χ1n) is 8.18. The molecule has 1 N–H and O–H groups in total. The molecule has 0 spiro atoms. The zero-order valence-electron chi connectivity index (χ0n) is 14.4. The van der Waals surface area contributed by atoms with Gasteiger partial charge in [-0.3, -0.25) is 9.48 Å². The lowest BCUT2D eigenvalue weighted by molar-refractivity contribution is -0.120. The summed E-state index contributed by atoms with van der Waals surface area (Å²) in [6, 6.07) is 0. The van der Waals surface area contributed by atoms with E-state index in [1.54, 1.807) is 0 Å². The fourth-order valence-electron chi connectivity index (χ4n) is 3.03. The molecule has 0 radical (unpaired) electrons. The number of carbonyl (C=O) groups is 1. The molecule has 1 fully saturated rings. The Kier molecular flexibility index (Phi) is 5.49. The van der Waals surface area contributed by atoms with Crippen molar-refractivity contribution >= 4 is 15.7 Å². The molecule has 0 aliphatic carbocycles. The van der Waals surface area contributed by atoms with E-state index in [0.29, 0.717) is 25.3 Å². The van der Waals surface area contributed by atoms with E-state index in [9.17, 15) is 13.2 Å². The molecule has 2 rings (SSSR count). The van der Waals surface area contributed by atoms with Crippen LogP contribution in [0.1, 0.15) is 37.2 Å². The molecular weight excluding hydrogens is 314 g/mol. The quantitative estimate of drug-likeness (QED) is 0.844. The van der Waals surface area contributed by atoms with Crippen molar-refractivity contribution in [2.45, 2.75) is 47.1 Å². The van der Waals surface area contributed by atoms with E-state index in [2.05, 4.69) is 24.3 Å². The SMILES string of the molecule is Cc1nn(CC(C)C)c(C)c1CC(=O)NC[C@@H]1CCS(=O)(=O)C1. The van der Waals surface area contributed by atoms with Crippen molar-refractivity contribution < 1.29 is 13.2 Å². The van der Waals surface area contributed by atoms with E-state index in [1.165, 1.54) is 0 Å². The maximum atomic E-state index is 12.2. The summed E-state index contributed by atoms with van der Waals surface area (Å²) in [5, 5.41) is 7.39. The predicted octanol–water partition coefficient (Wildman–Crippen LogP) is 1.25. The molecule has 1 aromatic heterocycles. The zero-order valence-corrected chi connectivity index (χ0v) is 15.2. The molecule has 1 aromatic rings. The van der Waals surface area contributed by atoms with Gasteiger partial charge in [0.25, 0.3) is 0 Å². The van der Waals surface area contributed by atoms with Crippen molar-refractivity contribution in [3.63, 3.8) is 0 Å². The number of hydrogen-bond acceptors (Lipinski definition) is 4. The highest BCUT2D eigenvalue weighted by atomic mass is 32.2. The molecule has 0 bridgehead atoms. The summed E-state index contributed by atoms with van der Waals surface area (Å²) < 4.78 is 24.8. The lowest BCUT2D eigenvalue weighted by Gasteiger charge is -2.10. The summed E-state index contributed by atoms with van der Waals surface area (Å²) in [7, 11) is -2.89. The summed E-state index contributed by atoms with van der Waals surface area (Å²) in [6.45, 7) is 9.48. The number of rotatable bonds is 6. The molecular formula is C16H27N3O3S. The lowest BCUT2D eigenvalue weighted by Crippen LogP contribution is -2.31. The smallest absolute Gasteiger partial charge is 0.224 e. The van der Waals surface area contributed by atoms with Crippen molar-refractivity contribution in [2.24, 2.45) is 11.8 Å². The summed E-state index contributed by atoms with van der Waals surface area (Å²) in [6.07, 6.45) is 0.947. The average molecular weight is 341 g/mol. The van der Waals surface area contributed by atoms with Gasteiger partial charge in [0.2, 0.25) is 5.91 Å². The van der Waals surface area contributed by atoms with Gasteiger partial charge < -0.3 is 5.32 Å². The van der Waals surface area contributed by atoms with Crippen LogP contribution in [-0.4, -0.2) is 42.2 Å². The standard InChI is InChI=1S/C16H27N3O3S/c1-11(2)9-19-13(4)15(12(3)18-19)7-16(20)17-8-14-5-6-23(21,22)10-14/h11,14H,5-10H2,1-4H3,(H,17,20)/t14-/m0/s1. The van der Waals surface area contributed by atoms with Gasteiger partial charge in [0.1, 0.15) is 0 Å². The number of nitrogens with one attached hydrogen (secondary N) is 1. The van der Waals surface area contributed by atoms with E-state index in [4.69, 9.17) is 0 Å². The Morgan fingerprint density at radius 1 is 1.39 bits per heavy atom. The van der Waals surface area contributed by atoms with Gasteiger partial charge in [0, 0.05) is 24.3 Å². The van der Waals surface area contributed by atoms with Gasteiger partial charge >= 0.3 is 0 Å². The molecule has 1 aliphatic heterocycles. The second-order valence-corrected chi connectivity index (χ2v) is 9.20. The van der Waals surface area contributed by atoms with Crippen LogP contribution in [0.2, 0.25) is 0 Å². The second-order valence-electron chi connectivity index (χ2n) is 6.98. The largest absolute Gasteiger partial charge is 0.356 e. The van der Waals surface area contributed by atoms with Crippen LogP contribution < -0.4 is 5.32 Å². The molecule has 1 aliphatic rings. The molecule has 2 heterocycles. The van der Waals surface area contributed by atoms with Gasteiger partial charge in [-0.1, -0.05) is 13.8 Å². The lowest BCUT2D eigenvalue weighted by atomic mass is 10.1. The molecule has 23 heavy (non-hydrogen) atoms. The third kappa shape index (κ3) is 4.80. The van der Waals surface area contributed by atoms with Gasteiger partial charge in [-0.05, 0) is 32.1 Å². The first kappa shape index (κ1) is 18.0. The van der Waals surface area contributed by atoms with Crippen LogP contribution in [-0.2, 0) is 27.6 Å². The van der Waals surface area contributed by atoms with Crippen LogP contribution >= 0.6 is 0 Å². The Hall–Kier alpha value is -1.37. The maximum Gasteiger partial charge on any atom is 0.224 e. The van der Waals surface area contributed by atoms with Crippen LogP contribution in [0.15, 0.2) is 0 Å². The minimum Gasteiger partial charge on any atom is -0.356 e. The van der Waals surface area contributed by atoms with Crippen molar-refractivity contribution in [2.75, 3.05) is 18.1 Å². The highest BCUT2D eigenvalue weighted by molar-refractivity contribution is 7.91. The van der Waals surface area contributed by atoms with Crippen molar-refractivity contribution in [3.8, 4) is 0 Å². The average Bonchev–Trinajstić information content (AvgIpc) is 2.90. The highest BCUT2D eigenvalue weighted by Gasteiger charge is 2.28. The predicted molar refractivity (Wildman–Crippen MR) is 90.0 cm³/mol. The molecule has 1 amide bonds. The molecule has 1 atom stereocenters. The first-order valence-corrected chi connectivity index (χ1v) is 10.00. The van der Waals surface area contributed by atoms with Crippen LogP contribution in [0.25, 0.3) is 0 Å². The van der Waals surface area contributed by atoms with Crippen LogP contribution in [0.5, 0.6) is 0 Å². The monoisotopic (exact) mass is 341 g/mol. The number of amides is 1. The number of sulfone groups is 1. The van der Waals surface area contributed by atoms with E-state index in [0.717, 1.165) is 23.5 Å². The molecule has 1 saturated heterocycles. The van der Waals surface area contributed by atoms with E-state index in [-0.39, 0.29) is 23.3 Å². The Bertz CT molecular complexity index is 677. The van der Waals surface area contributed by atoms with Crippen LogP contribution in [0.4, 0.5) is 0 Å². The van der Waals surface area contributed by atoms with Gasteiger partial charge in [0.05, 0.1) is 23.6 Å². The Balaban J connectivity index is 1.92. The summed E-state index contributed by atoms with van der Waals surface area (Å²) in [4.78, 5) is 12.2. The summed E-state index contributed by atoms with van der Waals surface area (Å²) in [5.41, 5.74) is 2.90. The van der Waals surface area contributed by atoms with Gasteiger partial charge in [-0.15, -0.1) is 0 Å². The molecule has 6 nitrogen and oxygen atoms in total. The molecule has 0 unspecified atom stereocenters. The van der Waals surface area contributed by atoms with Crippen molar-refractivity contribution in [1.82, 2.24) is 15.1 Å². The summed E-state index contributed by atoms with van der Waals surface area (Å²) in [5.74, 6) is 0.921. The molecule has 0 aromatic carbocycles.